The van der Waals surface area contributed by atoms with Crippen LogP contribution in [0.3, 0.4) is 0 Å². The normalized spacial score (nSPS) is 15.6. The molecule has 1 amide bonds. The Labute approximate surface area is 147 Å². The second kappa shape index (κ2) is 7.92. The van der Waals surface area contributed by atoms with Gasteiger partial charge in [0.2, 0.25) is 5.91 Å². The smallest absolute Gasteiger partial charge is 0.223 e. The summed E-state index contributed by atoms with van der Waals surface area (Å²) in [6, 6.07) is 2.06. The minimum atomic E-state index is 0.236. The van der Waals surface area contributed by atoms with E-state index in [-0.39, 0.29) is 5.91 Å². The molecule has 1 saturated carbocycles. The number of nitrogens with zero attached hydrogens (tertiary/aromatic N) is 4. The Kier molecular flexibility index (Phi) is 5.66. The highest BCUT2D eigenvalue weighted by molar-refractivity contribution is 7.09. The van der Waals surface area contributed by atoms with E-state index in [4.69, 9.17) is 0 Å². The van der Waals surface area contributed by atoms with E-state index in [1.807, 2.05) is 28.9 Å². The summed E-state index contributed by atoms with van der Waals surface area (Å²) in [5, 5.41) is 7.46. The molecule has 0 aliphatic heterocycles. The van der Waals surface area contributed by atoms with E-state index in [0.717, 1.165) is 16.4 Å². The molecule has 0 atom stereocenters. The van der Waals surface area contributed by atoms with Crippen LogP contribution in [0.2, 0.25) is 0 Å². The van der Waals surface area contributed by atoms with E-state index in [9.17, 15) is 4.79 Å². The third-order valence-corrected chi connectivity index (χ3v) is 5.63. The van der Waals surface area contributed by atoms with Crippen LogP contribution in [0.15, 0.2) is 17.6 Å². The van der Waals surface area contributed by atoms with Gasteiger partial charge in [0, 0.05) is 30.7 Å². The fourth-order valence-electron chi connectivity index (χ4n) is 3.40. The summed E-state index contributed by atoms with van der Waals surface area (Å²) >= 11 is 1.60. The van der Waals surface area contributed by atoms with Gasteiger partial charge in [0.15, 0.2) is 0 Å². The molecule has 1 aliphatic carbocycles. The van der Waals surface area contributed by atoms with Crippen molar-refractivity contribution < 1.29 is 4.79 Å². The molecule has 3 rings (SSSR count). The molecular weight excluding hydrogens is 320 g/mol. The molecule has 0 radical (unpaired) electrons. The van der Waals surface area contributed by atoms with Crippen LogP contribution in [-0.2, 0) is 24.9 Å². The van der Waals surface area contributed by atoms with Crippen molar-refractivity contribution in [3.63, 3.8) is 0 Å². The Morgan fingerprint density at radius 3 is 2.75 bits per heavy atom. The molecule has 2 heterocycles. The summed E-state index contributed by atoms with van der Waals surface area (Å²) in [4.78, 5) is 19.2. The highest BCUT2D eigenvalue weighted by Crippen LogP contribution is 2.27. The molecule has 0 N–H and O–H groups in total. The number of carbonyl (C=O) groups is 1. The van der Waals surface area contributed by atoms with Crippen LogP contribution in [0.25, 0.3) is 0 Å². The van der Waals surface area contributed by atoms with Gasteiger partial charge in [-0.15, -0.1) is 11.3 Å². The number of hydrogen-bond acceptors (Lipinski definition) is 4. The first-order chi connectivity index (χ1) is 11.6. The second-order valence-electron chi connectivity index (χ2n) is 6.78. The van der Waals surface area contributed by atoms with Crippen molar-refractivity contribution in [1.82, 2.24) is 19.7 Å². The number of aromatic nitrogens is 3. The molecule has 1 aliphatic rings. The van der Waals surface area contributed by atoms with Gasteiger partial charge in [-0.1, -0.05) is 19.3 Å². The number of aryl methyl sites for hydroxylation is 2. The summed E-state index contributed by atoms with van der Waals surface area (Å²) in [5.41, 5.74) is 2.06. The minimum Gasteiger partial charge on any atom is -0.330 e. The predicted molar refractivity (Wildman–Crippen MR) is 95.5 cm³/mol. The van der Waals surface area contributed by atoms with Crippen molar-refractivity contribution in [3.05, 3.63) is 34.0 Å². The van der Waals surface area contributed by atoms with Crippen LogP contribution in [0.4, 0.5) is 0 Å². The molecule has 0 saturated heterocycles. The quantitative estimate of drug-likeness (QED) is 0.801. The average molecular weight is 347 g/mol. The maximum absolute atomic E-state index is 12.9. The van der Waals surface area contributed by atoms with Crippen molar-refractivity contribution in [2.24, 2.45) is 13.0 Å². The number of thiazole rings is 1. The molecule has 1 fully saturated rings. The van der Waals surface area contributed by atoms with Gasteiger partial charge >= 0.3 is 0 Å². The van der Waals surface area contributed by atoms with Crippen LogP contribution in [0.5, 0.6) is 0 Å². The highest BCUT2D eigenvalue weighted by Gasteiger charge is 2.22. The van der Waals surface area contributed by atoms with Crippen LogP contribution >= 0.6 is 11.3 Å². The monoisotopic (exact) mass is 346 g/mol. The van der Waals surface area contributed by atoms with Gasteiger partial charge < -0.3 is 4.90 Å². The summed E-state index contributed by atoms with van der Waals surface area (Å²) in [6.07, 6.45) is 8.71. The van der Waals surface area contributed by atoms with Gasteiger partial charge in [0.25, 0.3) is 0 Å². The predicted octanol–water partition coefficient (Wildman–Crippen LogP) is 3.68. The number of rotatable bonds is 6. The molecule has 0 spiro atoms. The van der Waals surface area contributed by atoms with E-state index >= 15 is 0 Å². The Morgan fingerprint density at radius 1 is 1.33 bits per heavy atom. The van der Waals surface area contributed by atoms with Gasteiger partial charge in [-0.2, -0.15) is 5.10 Å². The summed E-state index contributed by atoms with van der Waals surface area (Å²) < 4.78 is 1.86. The van der Waals surface area contributed by atoms with Gasteiger partial charge in [-0.25, -0.2) is 4.98 Å². The zero-order valence-corrected chi connectivity index (χ0v) is 15.4. The third kappa shape index (κ3) is 4.44. The lowest BCUT2D eigenvalue weighted by Crippen LogP contribution is -2.32. The van der Waals surface area contributed by atoms with Crippen molar-refractivity contribution in [2.75, 3.05) is 0 Å². The molecule has 130 valence electrons. The first-order valence-electron chi connectivity index (χ1n) is 8.77. The molecule has 0 aromatic carbocycles. The Bertz CT molecular complexity index is 639. The second-order valence-corrected chi connectivity index (χ2v) is 7.76. The number of amides is 1. The molecular formula is C18H26N4OS. The van der Waals surface area contributed by atoms with E-state index < -0.39 is 0 Å². The van der Waals surface area contributed by atoms with Gasteiger partial charge in [0.05, 0.1) is 18.8 Å². The van der Waals surface area contributed by atoms with E-state index in [2.05, 4.69) is 16.1 Å². The Balaban J connectivity index is 1.69. The van der Waals surface area contributed by atoms with Crippen LogP contribution < -0.4 is 0 Å². The van der Waals surface area contributed by atoms with Gasteiger partial charge in [-0.3, -0.25) is 9.48 Å². The standard InChI is InChI=1S/C18H26N4OS/c1-14-10-16(20-21(14)2)12-22(13-17-19-8-9-24-17)18(23)11-15-6-4-3-5-7-15/h8-10,15H,3-7,11-13H2,1-2H3. The number of carbonyl (C=O) groups excluding carboxylic acids is 1. The van der Waals surface area contributed by atoms with Crippen molar-refractivity contribution in [2.45, 2.75) is 58.5 Å². The fraction of sp³-hybridized carbons (Fsp3) is 0.611. The maximum atomic E-state index is 12.9. The average Bonchev–Trinajstić information content (AvgIpc) is 3.18. The molecule has 5 nitrogen and oxygen atoms in total. The van der Waals surface area contributed by atoms with Crippen LogP contribution in [0.1, 0.15) is 54.9 Å². The molecule has 2 aromatic rings. The maximum Gasteiger partial charge on any atom is 0.223 e. The molecule has 0 bridgehead atoms. The summed E-state index contributed by atoms with van der Waals surface area (Å²) in [6.45, 7) is 3.18. The minimum absolute atomic E-state index is 0.236. The van der Waals surface area contributed by atoms with Crippen molar-refractivity contribution in [3.8, 4) is 0 Å². The topological polar surface area (TPSA) is 51.0 Å². The highest BCUT2D eigenvalue weighted by atomic mass is 32.1. The van der Waals surface area contributed by atoms with Crippen LogP contribution in [0, 0.1) is 12.8 Å². The summed E-state index contributed by atoms with van der Waals surface area (Å²) in [5.74, 6) is 0.788. The zero-order chi connectivity index (χ0) is 16.9. The lowest BCUT2D eigenvalue weighted by Gasteiger charge is -2.26. The SMILES string of the molecule is Cc1cc(CN(Cc2nccs2)C(=O)CC2CCCCC2)nn1C. The first-order valence-corrected chi connectivity index (χ1v) is 9.65. The Morgan fingerprint density at radius 2 is 2.12 bits per heavy atom. The molecule has 2 aromatic heterocycles. The fourth-order valence-corrected chi connectivity index (χ4v) is 4.03. The van der Waals surface area contributed by atoms with E-state index in [1.165, 1.54) is 32.1 Å². The van der Waals surface area contributed by atoms with Gasteiger partial charge in [0.1, 0.15) is 5.01 Å². The third-order valence-electron chi connectivity index (χ3n) is 4.87. The van der Waals surface area contributed by atoms with Crippen molar-refractivity contribution in [1.29, 1.82) is 0 Å². The molecule has 0 unspecified atom stereocenters. The van der Waals surface area contributed by atoms with E-state index in [0.29, 0.717) is 25.4 Å². The van der Waals surface area contributed by atoms with Crippen LogP contribution in [-0.4, -0.2) is 25.6 Å². The first kappa shape index (κ1) is 17.1. The Hall–Kier alpha value is -1.69. The largest absolute Gasteiger partial charge is 0.330 e. The van der Waals surface area contributed by atoms with E-state index in [1.54, 1.807) is 17.5 Å². The lowest BCUT2D eigenvalue weighted by molar-refractivity contribution is -0.133. The van der Waals surface area contributed by atoms with Gasteiger partial charge in [-0.05, 0) is 31.7 Å². The molecule has 24 heavy (non-hydrogen) atoms. The molecule has 6 heteroatoms. The lowest BCUT2D eigenvalue weighted by atomic mass is 9.86. The number of hydrogen-bond donors (Lipinski definition) is 0. The summed E-state index contributed by atoms with van der Waals surface area (Å²) in [7, 11) is 1.94. The van der Waals surface area contributed by atoms with Crippen molar-refractivity contribution >= 4 is 17.2 Å². The zero-order valence-electron chi connectivity index (χ0n) is 14.6.